The Morgan fingerprint density at radius 1 is 1.08 bits per heavy atom. The van der Waals surface area contributed by atoms with E-state index < -0.39 is 24.1 Å². The van der Waals surface area contributed by atoms with Crippen LogP contribution >= 0.6 is 0 Å². The van der Waals surface area contributed by atoms with Crippen LogP contribution in [0.4, 0.5) is 0 Å². The van der Waals surface area contributed by atoms with Gasteiger partial charge in [0.1, 0.15) is 12.1 Å². The zero-order chi connectivity index (χ0) is 28.8. The Balaban J connectivity index is 2.05. The van der Waals surface area contributed by atoms with Gasteiger partial charge in [-0.15, -0.1) is 0 Å². The van der Waals surface area contributed by atoms with E-state index in [9.17, 15) is 19.2 Å². The highest BCUT2D eigenvalue weighted by molar-refractivity contribution is 5.93. The molecule has 3 amide bonds. The maximum absolute atomic E-state index is 13.6. The van der Waals surface area contributed by atoms with E-state index in [1.54, 1.807) is 24.8 Å². The number of carbonyl (C=O) groups is 4. The van der Waals surface area contributed by atoms with Crippen molar-refractivity contribution in [3.8, 4) is 0 Å². The van der Waals surface area contributed by atoms with Crippen LogP contribution in [0, 0.1) is 11.8 Å². The summed E-state index contributed by atoms with van der Waals surface area (Å²) in [6, 6.07) is -1.73. The number of nitrogens with one attached hydrogen (secondary N) is 4. The second-order valence-corrected chi connectivity index (χ2v) is 11.3. The van der Waals surface area contributed by atoms with Crippen LogP contribution in [-0.2, 0) is 23.9 Å². The number of ether oxygens (including phenoxy) is 1. The average molecular weight is 550 g/mol. The van der Waals surface area contributed by atoms with Crippen molar-refractivity contribution in [2.75, 3.05) is 32.7 Å². The van der Waals surface area contributed by atoms with Crippen LogP contribution in [0.15, 0.2) is 12.2 Å². The molecule has 0 radical (unpaired) electrons. The van der Waals surface area contributed by atoms with Crippen molar-refractivity contribution in [2.45, 2.75) is 104 Å². The normalized spacial score (nSPS) is 19.9. The fourth-order valence-electron chi connectivity index (χ4n) is 5.21. The quantitative estimate of drug-likeness (QED) is 0.181. The minimum atomic E-state index is -0.724. The summed E-state index contributed by atoms with van der Waals surface area (Å²) in [5, 5.41) is 12.6. The molecule has 10 nitrogen and oxygen atoms in total. The molecule has 2 saturated heterocycles. The number of likely N-dealkylation sites (N-methyl/N-ethyl adjacent to an activating group) is 1. The van der Waals surface area contributed by atoms with E-state index in [1.165, 1.54) is 6.08 Å². The summed E-state index contributed by atoms with van der Waals surface area (Å²) in [6.45, 7) is 13.0. The summed E-state index contributed by atoms with van der Waals surface area (Å²) in [5.41, 5.74) is 0. The summed E-state index contributed by atoms with van der Waals surface area (Å²) >= 11 is 0. The summed E-state index contributed by atoms with van der Waals surface area (Å²) in [6.07, 6.45) is 8.57. The number of carbonyl (C=O) groups excluding carboxylic acids is 4. The second kappa shape index (κ2) is 17.3. The van der Waals surface area contributed by atoms with E-state index in [2.05, 4.69) is 21.3 Å². The molecule has 0 saturated carbocycles. The Kier molecular flexibility index (Phi) is 14.5. The molecule has 0 unspecified atom stereocenters. The molecular formula is C29H51N5O5. The molecule has 39 heavy (non-hydrogen) atoms. The van der Waals surface area contributed by atoms with Gasteiger partial charge in [-0.1, -0.05) is 19.9 Å². The molecule has 2 heterocycles. The third-order valence-electron chi connectivity index (χ3n) is 7.37. The Bertz CT molecular complexity index is 825. The first kappa shape index (κ1) is 32.8. The molecule has 0 spiro atoms. The number of amides is 3. The highest BCUT2D eigenvalue weighted by Crippen LogP contribution is 2.21. The predicted octanol–water partition coefficient (Wildman–Crippen LogP) is 1.89. The fourth-order valence-corrected chi connectivity index (χ4v) is 5.21. The van der Waals surface area contributed by atoms with Crippen molar-refractivity contribution >= 4 is 23.7 Å². The maximum Gasteiger partial charge on any atom is 0.330 e. The molecule has 0 aromatic carbocycles. The van der Waals surface area contributed by atoms with E-state index in [0.717, 1.165) is 38.8 Å². The van der Waals surface area contributed by atoms with E-state index in [1.807, 2.05) is 20.8 Å². The molecule has 10 heteroatoms. The predicted molar refractivity (Wildman–Crippen MR) is 152 cm³/mol. The first-order chi connectivity index (χ1) is 18.6. The van der Waals surface area contributed by atoms with Crippen molar-refractivity contribution in [3.63, 3.8) is 0 Å². The van der Waals surface area contributed by atoms with Crippen LogP contribution in [0.25, 0.3) is 0 Å². The van der Waals surface area contributed by atoms with Crippen molar-refractivity contribution in [3.05, 3.63) is 12.2 Å². The maximum atomic E-state index is 13.6. The van der Waals surface area contributed by atoms with Gasteiger partial charge in [0.15, 0.2) is 0 Å². The second-order valence-electron chi connectivity index (χ2n) is 11.3. The molecule has 0 bridgehead atoms. The smallest absolute Gasteiger partial charge is 0.330 e. The standard InChI is InChI=1S/C29H51N5O5/c1-6-31-28(37)24-11-9-19-34(24)29(38)26(20(2)3)33-27(36)23(10-7-8-12-25(35)39-21(4)5)32-18-15-22-13-16-30-17-14-22/h8,12,20-24,26,30,32H,6-7,9-11,13-19H2,1-5H3,(H,31,37)(H,33,36)/t23-,24-,26-/m0/s1. The number of hydrogen-bond acceptors (Lipinski definition) is 7. The lowest BCUT2D eigenvalue weighted by atomic mass is 9.94. The zero-order valence-corrected chi connectivity index (χ0v) is 24.6. The number of nitrogens with zero attached hydrogens (tertiary/aromatic N) is 1. The number of allylic oxidation sites excluding steroid dienone is 1. The van der Waals surface area contributed by atoms with Gasteiger partial charge in [-0.05, 0) is 97.2 Å². The molecule has 222 valence electrons. The first-order valence-corrected chi connectivity index (χ1v) is 14.8. The van der Waals surface area contributed by atoms with Gasteiger partial charge < -0.3 is 30.9 Å². The van der Waals surface area contributed by atoms with E-state index in [4.69, 9.17) is 4.74 Å². The van der Waals surface area contributed by atoms with Gasteiger partial charge in [-0.3, -0.25) is 14.4 Å². The van der Waals surface area contributed by atoms with Gasteiger partial charge in [0.2, 0.25) is 17.7 Å². The number of hydrogen-bond donors (Lipinski definition) is 4. The van der Waals surface area contributed by atoms with Crippen LogP contribution in [0.5, 0.6) is 0 Å². The third kappa shape index (κ3) is 11.3. The van der Waals surface area contributed by atoms with Crippen LogP contribution in [-0.4, -0.2) is 85.5 Å². The largest absolute Gasteiger partial charge is 0.460 e. The lowest BCUT2D eigenvalue weighted by Crippen LogP contribution is -2.57. The molecule has 3 atom stereocenters. The molecule has 0 aromatic heterocycles. The Hall–Kier alpha value is -2.46. The topological polar surface area (TPSA) is 129 Å². The minimum Gasteiger partial charge on any atom is -0.460 e. The molecule has 2 fully saturated rings. The Morgan fingerprint density at radius 3 is 2.44 bits per heavy atom. The van der Waals surface area contributed by atoms with Crippen molar-refractivity contribution in [1.29, 1.82) is 0 Å². The van der Waals surface area contributed by atoms with Gasteiger partial charge in [0.25, 0.3) is 0 Å². The first-order valence-electron chi connectivity index (χ1n) is 14.8. The average Bonchev–Trinajstić information content (AvgIpc) is 3.38. The fraction of sp³-hybridized carbons (Fsp3) is 0.793. The highest BCUT2D eigenvalue weighted by Gasteiger charge is 2.39. The Labute approximate surface area is 234 Å². The number of rotatable bonds is 15. The SMILES string of the molecule is CCNC(=O)[C@@H]1CCCN1C(=O)[C@@H](NC(=O)[C@H](CCC=CC(=O)OC(C)C)NCCC1CCNCC1)C(C)C. The minimum absolute atomic E-state index is 0.141. The van der Waals surface area contributed by atoms with Gasteiger partial charge in [-0.2, -0.15) is 0 Å². The molecule has 2 aliphatic heterocycles. The van der Waals surface area contributed by atoms with E-state index in [0.29, 0.717) is 44.8 Å². The van der Waals surface area contributed by atoms with Gasteiger partial charge >= 0.3 is 5.97 Å². The monoisotopic (exact) mass is 549 g/mol. The number of esters is 1. The molecule has 2 rings (SSSR count). The van der Waals surface area contributed by atoms with Crippen LogP contribution in [0.2, 0.25) is 0 Å². The molecule has 0 aromatic rings. The summed E-state index contributed by atoms with van der Waals surface area (Å²) in [5.74, 6) is -0.506. The van der Waals surface area contributed by atoms with E-state index in [-0.39, 0.29) is 29.7 Å². The summed E-state index contributed by atoms with van der Waals surface area (Å²) < 4.78 is 5.14. The summed E-state index contributed by atoms with van der Waals surface area (Å²) in [7, 11) is 0. The van der Waals surface area contributed by atoms with Crippen LogP contribution in [0.3, 0.4) is 0 Å². The zero-order valence-electron chi connectivity index (χ0n) is 24.6. The molecule has 4 N–H and O–H groups in total. The molecule has 2 aliphatic rings. The van der Waals surface area contributed by atoms with Crippen molar-refractivity contribution in [1.82, 2.24) is 26.2 Å². The third-order valence-corrected chi connectivity index (χ3v) is 7.37. The van der Waals surface area contributed by atoms with Gasteiger partial charge in [-0.25, -0.2) is 4.79 Å². The molecular weight excluding hydrogens is 498 g/mol. The van der Waals surface area contributed by atoms with Crippen molar-refractivity contribution < 1.29 is 23.9 Å². The molecule has 0 aliphatic carbocycles. The van der Waals surface area contributed by atoms with Crippen LogP contribution < -0.4 is 21.3 Å². The lowest BCUT2D eigenvalue weighted by Gasteiger charge is -2.31. The summed E-state index contributed by atoms with van der Waals surface area (Å²) in [4.78, 5) is 53.1. The van der Waals surface area contributed by atoms with Gasteiger partial charge in [0, 0.05) is 19.2 Å². The van der Waals surface area contributed by atoms with Gasteiger partial charge in [0.05, 0.1) is 12.1 Å². The lowest BCUT2D eigenvalue weighted by molar-refractivity contribution is -0.142. The Morgan fingerprint density at radius 2 is 1.79 bits per heavy atom. The number of likely N-dealkylation sites (tertiary alicyclic amines) is 1. The highest BCUT2D eigenvalue weighted by atomic mass is 16.5. The number of piperidine rings is 1. The van der Waals surface area contributed by atoms with E-state index >= 15 is 0 Å². The van der Waals surface area contributed by atoms with Crippen molar-refractivity contribution in [2.24, 2.45) is 11.8 Å². The van der Waals surface area contributed by atoms with Crippen LogP contribution in [0.1, 0.15) is 79.6 Å².